The Labute approximate surface area is 341 Å². The number of pyridine rings is 2. The van der Waals surface area contributed by atoms with Gasteiger partial charge < -0.3 is 9.67 Å². The van der Waals surface area contributed by atoms with Crippen molar-refractivity contribution < 1.29 is 5.11 Å². The first kappa shape index (κ1) is 36.8. The highest BCUT2D eigenvalue weighted by molar-refractivity contribution is 6.16. The lowest BCUT2D eigenvalue weighted by atomic mass is 9.79. The van der Waals surface area contributed by atoms with E-state index >= 15 is 0 Å². The molecule has 0 radical (unpaired) electrons. The molecule has 1 N–H and O–H groups in total. The van der Waals surface area contributed by atoms with Crippen molar-refractivity contribution in [3.63, 3.8) is 0 Å². The monoisotopic (exact) mass is 753 g/mol. The van der Waals surface area contributed by atoms with Crippen molar-refractivity contribution in [1.82, 2.24) is 14.5 Å². The summed E-state index contributed by atoms with van der Waals surface area (Å²) in [4.78, 5) is 10.3. The van der Waals surface area contributed by atoms with Crippen LogP contribution < -0.4 is 0 Å². The van der Waals surface area contributed by atoms with E-state index in [2.05, 4.69) is 180 Å². The summed E-state index contributed by atoms with van der Waals surface area (Å²) in [5.74, 6) is 0.201. The summed E-state index contributed by atoms with van der Waals surface area (Å²) in [6.45, 7) is 13.6. The van der Waals surface area contributed by atoms with Gasteiger partial charge in [-0.15, -0.1) is 0 Å². The van der Waals surface area contributed by atoms with Gasteiger partial charge in [-0.1, -0.05) is 145 Å². The number of rotatable bonds is 6. The van der Waals surface area contributed by atoms with Crippen LogP contribution in [0.4, 0.5) is 0 Å². The van der Waals surface area contributed by atoms with Gasteiger partial charge in [-0.3, -0.25) is 4.98 Å². The van der Waals surface area contributed by atoms with Crippen LogP contribution in [0.25, 0.3) is 83.5 Å². The zero-order chi connectivity index (χ0) is 40.2. The molecule has 0 aliphatic rings. The number of hydrogen-bond donors (Lipinski definition) is 1. The minimum Gasteiger partial charge on any atom is -0.507 e. The molecule has 0 unspecified atom stereocenters. The molecule has 3 aromatic heterocycles. The van der Waals surface area contributed by atoms with E-state index in [1.807, 2.05) is 30.5 Å². The van der Waals surface area contributed by atoms with Gasteiger partial charge in [0, 0.05) is 44.9 Å². The molecule has 58 heavy (non-hydrogen) atoms. The van der Waals surface area contributed by atoms with Crippen LogP contribution >= 0.6 is 0 Å². The van der Waals surface area contributed by atoms with Gasteiger partial charge in [-0.2, -0.15) is 0 Å². The molecule has 6 aromatic carbocycles. The predicted molar refractivity (Wildman–Crippen MR) is 243 cm³/mol. The standard InChI is InChI=1S/C54H47N3O/c1-53(2,3)39-30-37(31-40(34-39)54(4,5)6)38-32-46(56-47(33-38)44-21-11-13-27-50(44)58)35-17-14-18-36(29-35)52-43(24-16-28-55-52)42-23-15-26-49-51(42)45-22-10-12-25-48(45)57(49)41-19-8-7-9-20-41/h7-34,58H,1-6H3. The lowest BCUT2D eigenvalue weighted by molar-refractivity contribution is 0.477. The van der Waals surface area contributed by atoms with Crippen LogP contribution in [0.5, 0.6) is 5.75 Å². The van der Waals surface area contributed by atoms with E-state index in [0.29, 0.717) is 5.56 Å². The van der Waals surface area contributed by atoms with Crippen LogP contribution in [0.2, 0.25) is 0 Å². The Kier molecular flexibility index (Phi) is 9.09. The first-order chi connectivity index (χ1) is 27.9. The number of benzene rings is 6. The fourth-order valence-electron chi connectivity index (χ4n) is 8.11. The minimum atomic E-state index is -0.0398. The highest BCUT2D eigenvalue weighted by atomic mass is 16.3. The van der Waals surface area contributed by atoms with E-state index in [1.54, 1.807) is 6.07 Å². The molecule has 0 amide bonds. The molecule has 0 fully saturated rings. The second kappa shape index (κ2) is 14.3. The number of nitrogens with zero attached hydrogens (tertiary/aromatic N) is 3. The van der Waals surface area contributed by atoms with Crippen LogP contribution in [-0.2, 0) is 10.8 Å². The van der Waals surface area contributed by atoms with E-state index in [1.165, 1.54) is 21.9 Å². The van der Waals surface area contributed by atoms with Gasteiger partial charge in [0.15, 0.2) is 0 Å². The van der Waals surface area contributed by atoms with Crippen molar-refractivity contribution in [3.8, 4) is 67.5 Å². The number of phenols is 1. The summed E-state index contributed by atoms with van der Waals surface area (Å²) < 4.78 is 2.35. The average Bonchev–Trinajstić information content (AvgIpc) is 3.58. The molecule has 0 spiro atoms. The lowest BCUT2D eigenvalue weighted by Gasteiger charge is -2.26. The van der Waals surface area contributed by atoms with Crippen molar-refractivity contribution in [2.45, 2.75) is 52.4 Å². The first-order valence-electron chi connectivity index (χ1n) is 20.0. The van der Waals surface area contributed by atoms with E-state index in [4.69, 9.17) is 9.97 Å². The molecule has 0 aliphatic carbocycles. The number of hydrogen-bond acceptors (Lipinski definition) is 3. The Morgan fingerprint density at radius 3 is 1.83 bits per heavy atom. The van der Waals surface area contributed by atoms with Crippen LogP contribution in [0.15, 0.2) is 170 Å². The number of fused-ring (bicyclic) bond motifs is 3. The fourth-order valence-corrected chi connectivity index (χ4v) is 8.11. The summed E-state index contributed by atoms with van der Waals surface area (Å²) >= 11 is 0. The maximum absolute atomic E-state index is 11.1. The zero-order valence-corrected chi connectivity index (χ0v) is 34.0. The van der Waals surface area contributed by atoms with Crippen molar-refractivity contribution in [3.05, 3.63) is 181 Å². The van der Waals surface area contributed by atoms with Crippen molar-refractivity contribution in [1.29, 1.82) is 0 Å². The Bertz CT molecular complexity index is 2950. The average molecular weight is 754 g/mol. The largest absolute Gasteiger partial charge is 0.507 e. The van der Waals surface area contributed by atoms with E-state index in [9.17, 15) is 5.11 Å². The lowest BCUT2D eigenvalue weighted by Crippen LogP contribution is -2.16. The molecule has 284 valence electrons. The van der Waals surface area contributed by atoms with Gasteiger partial charge in [-0.25, -0.2) is 4.98 Å². The third-order valence-electron chi connectivity index (χ3n) is 11.2. The molecular weight excluding hydrogens is 707 g/mol. The second-order valence-electron chi connectivity index (χ2n) is 17.3. The van der Waals surface area contributed by atoms with Gasteiger partial charge in [0.1, 0.15) is 5.75 Å². The van der Waals surface area contributed by atoms with Gasteiger partial charge in [0.25, 0.3) is 0 Å². The molecule has 3 heterocycles. The third kappa shape index (κ3) is 6.75. The van der Waals surface area contributed by atoms with Gasteiger partial charge in [-0.05, 0) is 99.3 Å². The molecule has 0 atom stereocenters. The molecule has 9 rings (SSSR count). The van der Waals surface area contributed by atoms with E-state index in [0.717, 1.165) is 67.2 Å². The molecule has 0 aliphatic heterocycles. The Morgan fingerprint density at radius 1 is 0.466 bits per heavy atom. The normalized spacial score (nSPS) is 12.0. The topological polar surface area (TPSA) is 50.9 Å². The third-order valence-corrected chi connectivity index (χ3v) is 11.2. The summed E-state index contributed by atoms with van der Waals surface area (Å²) in [5, 5.41) is 13.5. The van der Waals surface area contributed by atoms with Crippen LogP contribution in [0, 0.1) is 0 Å². The zero-order valence-electron chi connectivity index (χ0n) is 34.0. The van der Waals surface area contributed by atoms with Crippen LogP contribution in [0.3, 0.4) is 0 Å². The number of aromatic hydroxyl groups is 1. The summed E-state index contributed by atoms with van der Waals surface area (Å²) in [7, 11) is 0. The van der Waals surface area contributed by atoms with E-state index < -0.39 is 0 Å². The van der Waals surface area contributed by atoms with E-state index in [-0.39, 0.29) is 16.6 Å². The molecule has 4 nitrogen and oxygen atoms in total. The predicted octanol–water partition coefficient (Wildman–Crippen LogP) is 14.2. The Morgan fingerprint density at radius 2 is 1.07 bits per heavy atom. The summed E-state index contributed by atoms with van der Waals surface area (Å²) in [5.41, 5.74) is 15.4. The first-order valence-corrected chi connectivity index (χ1v) is 20.0. The quantitative estimate of drug-likeness (QED) is 0.184. The highest BCUT2D eigenvalue weighted by Crippen LogP contribution is 2.42. The van der Waals surface area contributed by atoms with Crippen molar-refractivity contribution in [2.75, 3.05) is 0 Å². The van der Waals surface area contributed by atoms with Gasteiger partial charge in [0.05, 0.1) is 28.1 Å². The molecule has 0 bridgehead atoms. The SMILES string of the molecule is CC(C)(C)c1cc(-c2cc(-c3cccc(-c4ncccc4-c4cccc5c4c4ccccc4n5-c4ccccc4)c3)nc(-c3ccccc3O)c2)cc(C(C)(C)C)c1. The molecule has 0 saturated carbocycles. The second-order valence-corrected chi connectivity index (χ2v) is 17.3. The fraction of sp³-hybridized carbons (Fsp3) is 0.148. The molecule has 4 heteroatoms. The van der Waals surface area contributed by atoms with Crippen molar-refractivity contribution >= 4 is 21.8 Å². The molecular formula is C54H47N3O. The minimum absolute atomic E-state index is 0.0398. The maximum atomic E-state index is 11.1. The number of phenolic OH excluding ortho intramolecular Hbond substituents is 1. The van der Waals surface area contributed by atoms with Gasteiger partial charge in [0.2, 0.25) is 0 Å². The smallest absolute Gasteiger partial charge is 0.124 e. The van der Waals surface area contributed by atoms with Crippen LogP contribution in [0.1, 0.15) is 52.7 Å². The maximum Gasteiger partial charge on any atom is 0.124 e. The molecule has 9 aromatic rings. The summed E-state index contributed by atoms with van der Waals surface area (Å²) in [6.07, 6.45) is 1.88. The number of aromatic nitrogens is 3. The Balaban J connectivity index is 1.23. The van der Waals surface area contributed by atoms with Crippen molar-refractivity contribution in [2.24, 2.45) is 0 Å². The molecule has 0 saturated heterocycles. The number of para-hydroxylation sites is 3. The van der Waals surface area contributed by atoms with Gasteiger partial charge >= 0.3 is 0 Å². The summed E-state index contributed by atoms with van der Waals surface area (Å²) in [6, 6.07) is 57.3. The highest BCUT2D eigenvalue weighted by Gasteiger charge is 2.23. The Hall–Kier alpha value is -6.78. The van der Waals surface area contributed by atoms with Crippen LogP contribution in [-0.4, -0.2) is 19.6 Å².